The van der Waals surface area contributed by atoms with Gasteiger partial charge in [0.15, 0.2) is 5.78 Å². The van der Waals surface area contributed by atoms with E-state index in [-0.39, 0.29) is 36.3 Å². The third-order valence-corrected chi connectivity index (χ3v) is 3.69. The van der Waals surface area contributed by atoms with Crippen molar-refractivity contribution in [3.05, 3.63) is 16.3 Å². The fourth-order valence-electron chi connectivity index (χ4n) is 2.74. The van der Waals surface area contributed by atoms with E-state index < -0.39 is 16.6 Å². The quantitative estimate of drug-likeness (QED) is 0.644. The number of amides is 1. The van der Waals surface area contributed by atoms with Gasteiger partial charge in [0, 0.05) is 26.1 Å². The first kappa shape index (κ1) is 18.7. The number of anilines is 1. The Balaban J connectivity index is 2.09. The number of nitro groups is 1. The first-order valence-electron chi connectivity index (χ1n) is 7.99. The summed E-state index contributed by atoms with van der Waals surface area (Å²) in [6.07, 6.45) is 1.21. The van der Waals surface area contributed by atoms with E-state index in [1.54, 1.807) is 32.7 Å². The maximum absolute atomic E-state index is 12.2. The number of aromatic nitrogens is 2. The van der Waals surface area contributed by atoms with Crippen LogP contribution in [0.5, 0.6) is 0 Å². The molecule has 0 spiro atoms. The second-order valence-corrected chi connectivity index (χ2v) is 7.03. The summed E-state index contributed by atoms with van der Waals surface area (Å²) in [5.74, 6) is 0.172. The van der Waals surface area contributed by atoms with Crippen LogP contribution in [0, 0.1) is 10.1 Å². The smallest absolute Gasteiger partial charge is 0.407 e. The lowest BCUT2D eigenvalue weighted by Crippen LogP contribution is -2.40. The number of nitrogens with zero attached hydrogens (tertiary/aromatic N) is 4. The number of ether oxygens (including phenoxy) is 1. The highest BCUT2D eigenvalue weighted by Gasteiger charge is 2.31. The second-order valence-electron chi connectivity index (χ2n) is 7.03. The van der Waals surface area contributed by atoms with Crippen LogP contribution in [-0.4, -0.2) is 51.3 Å². The Bertz CT molecular complexity index is 678. The molecule has 0 unspecified atom stereocenters. The number of hydrogen-bond acceptors (Lipinski definition) is 7. The van der Waals surface area contributed by atoms with Crippen molar-refractivity contribution in [1.82, 2.24) is 15.1 Å². The van der Waals surface area contributed by atoms with Gasteiger partial charge < -0.3 is 15.0 Å². The van der Waals surface area contributed by atoms with Crippen LogP contribution in [-0.2, 0) is 16.6 Å². The zero-order valence-electron chi connectivity index (χ0n) is 14.8. The van der Waals surface area contributed by atoms with Gasteiger partial charge in [-0.05, 0) is 27.2 Å². The summed E-state index contributed by atoms with van der Waals surface area (Å²) in [6, 6.07) is -0.375. The third kappa shape index (κ3) is 4.91. The molecular weight excluding hydrogens is 330 g/mol. The Morgan fingerprint density at radius 2 is 2.16 bits per heavy atom. The number of carbonyl (C=O) groups excluding carboxylic acids is 2. The molecule has 1 amide bonds. The van der Waals surface area contributed by atoms with Crippen LogP contribution in [0.15, 0.2) is 6.20 Å². The highest BCUT2D eigenvalue weighted by atomic mass is 16.6. The minimum Gasteiger partial charge on any atom is -0.444 e. The van der Waals surface area contributed by atoms with Crippen LogP contribution in [0.3, 0.4) is 0 Å². The average molecular weight is 353 g/mol. The summed E-state index contributed by atoms with van der Waals surface area (Å²) in [4.78, 5) is 36.4. The molecule has 2 heterocycles. The number of hydrogen-bond donors (Lipinski definition) is 1. The number of Topliss-reactive ketones (excluding diaryl/α,β-unsaturated/α-hetero) is 1. The van der Waals surface area contributed by atoms with Crippen molar-refractivity contribution in [3.63, 3.8) is 0 Å². The lowest BCUT2D eigenvalue weighted by Gasteiger charge is -2.23. The van der Waals surface area contributed by atoms with Gasteiger partial charge >= 0.3 is 11.8 Å². The molecule has 0 bridgehead atoms. The zero-order chi connectivity index (χ0) is 18.8. The van der Waals surface area contributed by atoms with Crippen LogP contribution in [0.4, 0.5) is 16.3 Å². The molecule has 1 atom stereocenters. The van der Waals surface area contributed by atoms with Crippen LogP contribution in [0.25, 0.3) is 0 Å². The van der Waals surface area contributed by atoms with E-state index in [0.29, 0.717) is 13.0 Å². The highest BCUT2D eigenvalue weighted by Crippen LogP contribution is 2.28. The fraction of sp³-hybridized carbons (Fsp3) is 0.667. The standard InChI is InChI=1S/C15H23N5O5/c1-15(2,3)25-14(22)17-10-5-6-19(9-11(21)7-10)13-12(20(23)24)8-16-18(13)4/h8,10H,5-7,9H2,1-4H3,(H,17,22)/t10-/m1/s1. The van der Waals surface area contributed by atoms with E-state index in [2.05, 4.69) is 10.4 Å². The summed E-state index contributed by atoms with van der Waals surface area (Å²) in [7, 11) is 1.59. The van der Waals surface area contributed by atoms with Crippen molar-refractivity contribution in [1.29, 1.82) is 0 Å². The van der Waals surface area contributed by atoms with E-state index in [1.807, 2.05) is 0 Å². The highest BCUT2D eigenvalue weighted by molar-refractivity contribution is 5.85. The van der Waals surface area contributed by atoms with Crippen LogP contribution in [0.2, 0.25) is 0 Å². The number of alkyl carbamates (subject to hydrolysis) is 1. The Hall–Kier alpha value is -2.65. The molecule has 2 rings (SSSR count). The molecule has 138 valence electrons. The molecule has 10 nitrogen and oxygen atoms in total. The third-order valence-electron chi connectivity index (χ3n) is 3.69. The monoisotopic (exact) mass is 353 g/mol. The normalized spacial score (nSPS) is 18.6. The fourth-order valence-corrected chi connectivity index (χ4v) is 2.74. The molecule has 0 radical (unpaired) electrons. The molecular formula is C15H23N5O5. The maximum atomic E-state index is 12.2. The van der Waals surface area contributed by atoms with Crippen molar-refractivity contribution >= 4 is 23.4 Å². The first-order chi connectivity index (χ1) is 11.6. The Morgan fingerprint density at radius 3 is 2.76 bits per heavy atom. The molecule has 10 heteroatoms. The molecule has 25 heavy (non-hydrogen) atoms. The summed E-state index contributed by atoms with van der Waals surface area (Å²) < 4.78 is 6.59. The molecule has 1 fully saturated rings. The van der Waals surface area contributed by atoms with Crippen molar-refractivity contribution in [2.24, 2.45) is 7.05 Å². The van der Waals surface area contributed by atoms with Gasteiger partial charge in [0.1, 0.15) is 11.8 Å². The van der Waals surface area contributed by atoms with E-state index >= 15 is 0 Å². The van der Waals surface area contributed by atoms with Gasteiger partial charge in [0.05, 0.1) is 11.5 Å². The largest absolute Gasteiger partial charge is 0.444 e. The summed E-state index contributed by atoms with van der Waals surface area (Å²) in [5.41, 5.74) is -0.769. The van der Waals surface area contributed by atoms with Crippen molar-refractivity contribution in [2.45, 2.75) is 45.3 Å². The summed E-state index contributed by atoms with van der Waals surface area (Å²) in [6.45, 7) is 5.69. The minimum absolute atomic E-state index is 0.0346. The lowest BCUT2D eigenvalue weighted by molar-refractivity contribution is -0.384. The van der Waals surface area contributed by atoms with Gasteiger partial charge in [-0.3, -0.25) is 14.9 Å². The van der Waals surface area contributed by atoms with Gasteiger partial charge in [-0.25, -0.2) is 9.48 Å². The predicted octanol–water partition coefficient (Wildman–Crippen LogP) is 1.39. The zero-order valence-corrected chi connectivity index (χ0v) is 14.8. The average Bonchev–Trinajstić information content (AvgIpc) is 2.73. The van der Waals surface area contributed by atoms with Crippen molar-refractivity contribution in [2.75, 3.05) is 18.0 Å². The van der Waals surface area contributed by atoms with Crippen molar-refractivity contribution < 1.29 is 19.2 Å². The number of nitrogens with one attached hydrogen (secondary N) is 1. The van der Waals surface area contributed by atoms with E-state index in [4.69, 9.17) is 4.74 Å². The van der Waals surface area contributed by atoms with E-state index in [0.717, 1.165) is 0 Å². The topological polar surface area (TPSA) is 120 Å². The number of aryl methyl sites for hydroxylation is 1. The van der Waals surface area contributed by atoms with Crippen LogP contribution >= 0.6 is 0 Å². The molecule has 0 aliphatic carbocycles. The molecule has 1 aromatic heterocycles. The van der Waals surface area contributed by atoms with Crippen LogP contribution < -0.4 is 10.2 Å². The lowest BCUT2D eigenvalue weighted by atomic mass is 10.1. The van der Waals surface area contributed by atoms with Gasteiger partial charge in [-0.1, -0.05) is 0 Å². The molecule has 1 N–H and O–H groups in total. The van der Waals surface area contributed by atoms with Crippen molar-refractivity contribution in [3.8, 4) is 0 Å². The molecule has 1 aromatic rings. The molecule has 0 aromatic carbocycles. The predicted molar refractivity (Wildman–Crippen MR) is 89.5 cm³/mol. The van der Waals surface area contributed by atoms with Crippen LogP contribution in [0.1, 0.15) is 33.6 Å². The van der Waals surface area contributed by atoms with Gasteiger partial charge in [0.25, 0.3) is 0 Å². The number of carbonyl (C=O) groups is 2. The van der Waals surface area contributed by atoms with Gasteiger partial charge in [-0.2, -0.15) is 5.10 Å². The first-order valence-corrected chi connectivity index (χ1v) is 7.99. The Labute approximate surface area is 145 Å². The number of rotatable bonds is 3. The van der Waals surface area contributed by atoms with Gasteiger partial charge in [-0.15, -0.1) is 0 Å². The summed E-state index contributed by atoms with van der Waals surface area (Å²) >= 11 is 0. The Kier molecular flexibility index (Phi) is 5.29. The SMILES string of the molecule is Cn1ncc([N+](=O)[O-])c1N1CC[C@@H](NC(=O)OC(C)(C)C)CC(=O)C1. The van der Waals surface area contributed by atoms with E-state index in [1.165, 1.54) is 10.9 Å². The van der Waals surface area contributed by atoms with E-state index in [9.17, 15) is 19.7 Å². The second kappa shape index (κ2) is 7.08. The minimum atomic E-state index is -0.625. The maximum Gasteiger partial charge on any atom is 0.407 e. The number of ketones is 1. The molecule has 1 saturated heterocycles. The molecule has 0 saturated carbocycles. The molecule has 1 aliphatic rings. The molecule has 1 aliphatic heterocycles. The summed E-state index contributed by atoms with van der Waals surface area (Å²) in [5, 5.41) is 17.8. The van der Waals surface area contributed by atoms with Gasteiger partial charge in [0.2, 0.25) is 5.82 Å². The Morgan fingerprint density at radius 1 is 1.48 bits per heavy atom.